The highest BCUT2D eigenvalue weighted by Gasteiger charge is 2.43. The van der Waals surface area contributed by atoms with Crippen LogP contribution in [-0.2, 0) is 15.0 Å². The fourth-order valence-corrected chi connectivity index (χ4v) is 3.51. The summed E-state index contributed by atoms with van der Waals surface area (Å²) in [5.74, 6) is 0.274. The van der Waals surface area contributed by atoms with Gasteiger partial charge in [-0.05, 0) is 63.8 Å². The molecule has 5 heteroatoms. The van der Waals surface area contributed by atoms with Gasteiger partial charge in [0.2, 0.25) is 5.91 Å². The highest BCUT2D eigenvalue weighted by Crippen LogP contribution is 2.42. The summed E-state index contributed by atoms with van der Waals surface area (Å²) < 4.78 is 0. The number of anilines is 2. The first-order valence-corrected chi connectivity index (χ1v) is 8.77. The van der Waals surface area contributed by atoms with Gasteiger partial charge in [0, 0.05) is 18.7 Å². The number of ketones is 1. The number of nitrogens with one attached hydrogen (secondary N) is 1. The number of hydrazone groups is 1. The molecule has 0 atom stereocenters. The second-order valence-corrected chi connectivity index (χ2v) is 7.06. The van der Waals surface area contributed by atoms with E-state index >= 15 is 0 Å². The largest absolute Gasteiger partial charge is 0.312 e. The number of nitrogens with zero attached hydrogens (tertiary/aromatic N) is 2. The minimum absolute atomic E-state index is 0.127. The molecule has 3 rings (SSSR count). The van der Waals surface area contributed by atoms with Gasteiger partial charge < -0.3 is 4.90 Å². The molecule has 128 valence electrons. The third-order valence-corrected chi connectivity index (χ3v) is 5.02. The second kappa shape index (κ2) is 6.38. The fraction of sp³-hybridized carbons (Fsp3) is 0.526. The molecule has 1 N–H and O–H groups in total. The molecular formula is C19H25N3O2. The van der Waals surface area contributed by atoms with E-state index in [4.69, 9.17) is 0 Å². The average molecular weight is 327 g/mol. The maximum Gasteiger partial charge on any atom is 0.237 e. The van der Waals surface area contributed by atoms with Crippen molar-refractivity contribution in [2.24, 2.45) is 5.10 Å². The highest BCUT2D eigenvalue weighted by molar-refractivity contribution is 6.40. The second-order valence-electron chi connectivity index (χ2n) is 7.06. The van der Waals surface area contributed by atoms with Gasteiger partial charge in [-0.1, -0.05) is 6.42 Å². The first-order chi connectivity index (χ1) is 11.4. The molecule has 1 amide bonds. The minimum Gasteiger partial charge on any atom is -0.312 e. The van der Waals surface area contributed by atoms with Gasteiger partial charge in [0.25, 0.3) is 0 Å². The number of fused-ring (bicyclic) bond motifs is 1. The van der Waals surface area contributed by atoms with Crippen LogP contribution in [0.1, 0.15) is 58.4 Å². The summed E-state index contributed by atoms with van der Waals surface area (Å²) in [5, 5.41) is 4.34. The summed E-state index contributed by atoms with van der Waals surface area (Å²) in [5.41, 5.74) is 5.92. The number of hydrogen-bond donors (Lipinski definition) is 1. The monoisotopic (exact) mass is 327 g/mol. The molecule has 2 aliphatic rings. The van der Waals surface area contributed by atoms with E-state index in [1.807, 2.05) is 43.9 Å². The van der Waals surface area contributed by atoms with Crippen LogP contribution >= 0.6 is 0 Å². The Labute approximate surface area is 143 Å². The predicted molar refractivity (Wildman–Crippen MR) is 96.6 cm³/mol. The Morgan fingerprint density at radius 2 is 1.92 bits per heavy atom. The zero-order chi connectivity index (χ0) is 17.3. The number of Topliss-reactive ketones (excluding diaryl/α,β-unsaturated/α-hetero) is 1. The summed E-state index contributed by atoms with van der Waals surface area (Å²) in [6, 6.07) is 5.86. The molecule has 1 aliphatic heterocycles. The zero-order valence-electron chi connectivity index (χ0n) is 14.7. The summed E-state index contributed by atoms with van der Waals surface area (Å²) >= 11 is 0. The SMILES string of the molecule is CCN1C(=O)C(C)(C)c2cc(N/N=C3\CCCCCC3=O)ccc21. The van der Waals surface area contributed by atoms with Crippen LogP contribution in [0.2, 0.25) is 0 Å². The molecule has 1 aromatic carbocycles. The van der Waals surface area contributed by atoms with E-state index in [0.29, 0.717) is 18.7 Å². The lowest BCUT2D eigenvalue weighted by Crippen LogP contribution is -2.35. The fourth-order valence-electron chi connectivity index (χ4n) is 3.51. The van der Waals surface area contributed by atoms with Gasteiger partial charge in [-0.2, -0.15) is 5.10 Å². The Bertz CT molecular complexity index is 707. The molecule has 0 saturated heterocycles. The van der Waals surface area contributed by atoms with Gasteiger partial charge >= 0.3 is 0 Å². The van der Waals surface area contributed by atoms with Crippen LogP contribution in [0.5, 0.6) is 0 Å². The van der Waals surface area contributed by atoms with E-state index in [1.165, 1.54) is 0 Å². The molecule has 1 aromatic rings. The Morgan fingerprint density at radius 1 is 1.17 bits per heavy atom. The van der Waals surface area contributed by atoms with Gasteiger partial charge in [0.05, 0.1) is 11.1 Å². The Kier molecular flexibility index (Phi) is 4.43. The molecule has 0 bridgehead atoms. The summed E-state index contributed by atoms with van der Waals surface area (Å²) in [6.45, 7) is 6.56. The molecular weight excluding hydrogens is 302 g/mol. The van der Waals surface area contributed by atoms with Gasteiger partial charge in [-0.3, -0.25) is 15.0 Å². The average Bonchev–Trinajstić information content (AvgIpc) is 2.70. The molecule has 1 aliphatic carbocycles. The van der Waals surface area contributed by atoms with Crippen molar-refractivity contribution in [1.29, 1.82) is 0 Å². The lowest BCUT2D eigenvalue weighted by molar-refractivity contribution is -0.122. The van der Waals surface area contributed by atoms with E-state index in [1.54, 1.807) is 0 Å². The molecule has 0 unspecified atom stereocenters. The first kappa shape index (κ1) is 16.7. The summed E-state index contributed by atoms with van der Waals surface area (Å²) in [4.78, 5) is 26.4. The summed E-state index contributed by atoms with van der Waals surface area (Å²) in [7, 11) is 0. The lowest BCUT2D eigenvalue weighted by atomic mass is 9.86. The standard InChI is InChI=1S/C19H25N3O2/c1-4-22-16-11-10-13(12-14(16)19(2,3)18(22)24)20-21-15-8-6-5-7-9-17(15)23/h10-12,20H,4-9H2,1-3H3/b21-15+. The van der Waals surface area contributed by atoms with Crippen LogP contribution in [0.15, 0.2) is 23.3 Å². The lowest BCUT2D eigenvalue weighted by Gasteiger charge is -2.18. The molecule has 0 aromatic heterocycles. The molecule has 24 heavy (non-hydrogen) atoms. The van der Waals surface area contributed by atoms with Crippen LogP contribution in [0.3, 0.4) is 0 Å². The first-order valence-electron chi connectivity index (χ1n) is 8.77. The van der Waals surface area contributed by atoms with Crippen molar-refractivity contribution in [3.8, 4) is 0 Å². The smallest absolute Gasteiger partial charge is 0.237 e. The maximum absolute atomic E-state index is 12.5. The van der Waals surface area contributed by atoms with Crippen LogP contribution < -0.4 is 10.3 Å². The van der Waals surface area contributed by atoms with E-state index in [-0.39, 0.29) is 11.7 Å². The van der Waals surface area contributed by atoms with Gasteiger partial charge in [0.1, 0.15) is 5.71 Å². The Hall–Kier alpha value is -2.17. The zero-order valence-corrected chi connectivity index (χ0v) is 14.7. The molecule has 0 radical (unpaired) electrons. The number of amides is 1. The van der Waals surface area contributed by atoms with Crippen molar-refractivity contribution >= 4 is 28.8 Å². The van der Waals surface area contributed by atoms with Crippen LogP contribution in [-0.4, -0.2) is 23.9 Å². The third kappa shape index (κ3) is 2.83. The Balaban J connectivity index is 1.86. The third-order valence-electron chi connectivity index (χ3n) is 5.02. The van der Waals surface area contributed by atoms with E-state index in [2.05, 4.69) is 10.5 Å². The molecule has 0 spiro atoms. The summed E-state index contributed by atoms with van der Waals surface area (Å²) in [6.07, 6.45) is 4.40. The molecule has 1 fully saturated rings. The number of benzene rings is 1. The highest BCUT2D eigenvalue weighted by atomic mass is 16.2. The van der Waals surface area contributed by atoms with Crippen LogP contribution in [0.4, 0.5) is 11.4 Å². The number of carbonyl (C=O) groups excluding carboxylic acids is 2. The van der Waals surface area contributed by atoms with Crippen molar-refractivity contribution in [2.75, 3.05) is 16.9 Å². The van der Waals surface area contributed by atoms with Crippen molar-refractivity contribution < 1.29 is 9.59 Å². The van der Waals surface area contributed by atoms with Crippen LogP contribution in [0, 0.1) is 0 Å². The van der Waals surface area contributed by atoms with Crippen molar-refractivity contribution in [3.05, 3.63) is 23.8 Å². The van der Waals surface area contributed by atoms with E-state index in [9.17, 15) is 9.59 Å². The predicted octanol–water partition coefficient (Wildman–Crippen LogP) is 3.63. The van der Waals surface area contributed by atoms with Crippen molar-refractivity contribution in [1.82, 2.24) is 0 Å². The van der Waals surface area contributed by atoms with E-state index in [0.717, 1.165) is 42.6 Å². The number of hydrogen-bond acceptors (Lipinski definition) is 4. The normalized spacial score (nSPS) is 21.8. The van der Waals surface area contributed by atoms with Crippen molar-refractivity contribution in [2.45, 2.75) is 58.3 Å². The van der Waals surface area contributed by atoms with Gasteiger partial charge in [-0.25, -0.2) is 0 Å². The van der Waals surface area contributed by atoms with Crippen molar-refractivity contribution in [3.63, 3.8) is 0 Å². The quantitative estimate of drug-likeness (QED) is 0.681. The number of carbonyl (C=O) groups is 2. The molecule has 1 saturated carbocycles. The van der Waals surface area contributed by atoms with Gasteiger partial charge in [-0.15, -0.1) is 0 Å². The topological polar surface area (TPSA) is 61.8 Å². The number of rotatable bonds is 3. The minimum atomic E-state index is -0.533. The van der Waals surface area contributed by atoms with Gasteiger partial charge in [0.15, 0.2) is 5.78 Å². The van der Waals surface area contributed by atoms with E-state index < -0.39 is 5.41 Å². The Morgan fingerprint density at radius 3 is 2.67 bits per heavy atom. The number of likely N-dealkylation sites (N-methyl/N-ethyl adjacent to an activating group) is 1. The molecule has 5 nitrogen and oxygen atoms in total. The molecule has 1 heterocycles. The maximum atomic E-state index is 12.5. The van der Waals surface area contributed by atoms with Crippen LogP contribution in [0.25, 0.3) is 0 Å².